The van der Waals surface area contributed by atoms with E-state index in [1.54, 1.807) is 33.0 Å². The lowest BCUT2D eigenvalue weighted by Crippen LogP contribution is -2.61. The highest BCUT2D eigenvalue weighted by Gasteiger charge is 2.50. The molecule has 4 heterocycles. The average molecular weight is 566 g/mol. The Morgan fingerprint density at radius 2 is 1.73 bits per heavy atom. The summed E-state index contributed by atoms with van der Waals surface area (Å²) in [4.78, 5) is 41.1. The number of benzene rings is 1. The van der Waals surface area contributed by atoms with E-state index >= 15 is 0 Å². The molecule has 8 atom stereocenters. The van der Waals surface area contributed by atoms with Crippen LogP contribution in [0, 0.1) is 0 Å². The summed E-state index contributed by atoms with van der Waals surface area (Å²) in [5, 5.41) is 0. The van der Waals surface area contributed by atoms with Crippen LogP contribution in [0.2, 0.25) is 0 Å². The Bertz CT molecular complexity index is 1130. The van der Waals surface area contributed by atoms with E-state index in [4.69, 9.17) is 42.6 Å². The van der Waals surface area contributed by atoms with Gasteiger partial charge in [0.2, 0.25) is 12.9 Å². The Labute approximate surface area is 231 Å². The Balaban J connectivity index is 1.49. The average Bonchev–Trinajstić information content (AvgIpc) is 3.23. The zero-order chi connectivity index (χ0) is 28.6. The first kappa shape index (κ1) is 28.7. The van der Waals surface area contributed by atoms with Crippen LogP contribution in [0.3, 0.4) is 0 Å². The molecular formula is C27H35NO12. The highest BCUT2D eigenvalue weighted by Crippen LogP contribution is 2.39. The number of carbonyl (C=O) groups is 3. The molecule has 0 radical (unpaired) electrons. The standard InChI is InChI=1S/C27H35NO12/c1-13-17-7-20-19(34-12-35-20)6-16(17)9-28(4)26(31)23(39-15(3)29)21(8-18(13)30)40-27-25-24(36-10-33-11-37-25)22(32-5)14(2)38-27/h6-7,13-14,21-25,27H,8-12H2,1-5H3/t13-,14+,21+,22+,23-,24-,25+,27-/m0/s1. The number of likely N-dealkylation sites (N-methyl/N-ethyl adjacent to an activating group) is 1. The summed E-state index contributed by atoms with van der Waals surface area (Å²) in [6, 6.07) is 3.55. The number of Topliss-reactive ketones (excluding diaryl/α,β-unsaturated/α-hetero) is 1. The summed E-state index contributed by atoms with van der Waals surface area (Å²) in [6.07, 6.45) is -6.34. The van der Waals surface area contributed by atoms with E-state index in [0.717, 1.165) is 5.56 Å². The van der Waals surface area contributed by atoms with Gasteiger partial charge < -0.3 is 47.5 Å². The zero-order valence-corrected chi connectivity index (χ0v) is 23.2. The van der Waals surface area contributed by atoms with Gasteiger partial charge in [0.1, 0.15) is 43.8 Å². The van der Waals surface area contributed by atoms with Crippen LogP contribution in [0.4, 0.5) is 0 Å². The second-order valence-electron chi connectivity index (χ2n) is 10.3. The second kappa shape index (κ2) is 12.0. The van der Waals surface area contributed by atoms with E-state index in [1.165, 1.54) is 18.9 Å². The molecule has 1 amide bonds. The SMILES string of the molecule is CO[C@H]1[C@@H]2OCOCO[C@H]2[C@H](O[C@@H]2CC(=O)[C@@H](C)c3cc4c(cc3CN(C)C(=O)[C@H]2OC(C)=O)OCO4)O[C@@H]1C. The number of ketones is 1. The van der Waals surface area contributed by atoms with Gasteiger partial charge in [-0.15, -0.1) is 0 Å². The summed E-state index contributed by atoms with van der Waals surface area (Å²) >= 11 is 0. The Hall–Kier alpha value is -2.81. The van der Waals surface area contributed by atoms with Crippen LogP contribution in [0.1, 0.15) is 44.2 Å². The largest absolute Gasteiger partial charge is 0.454 e. The first-order valence-electron chi connectivity index (χ1n) is 13.2. The van der Waals surface area contributed by atoms with Crippen molar-refractivity contribution in [1.29, 1.82) is 0 Å². The van der Waals surface area contributed by atoms with Crippen molar-refractivity contribution in [3.05, 3.63) is 23.3 Å². The Morgan fingerprint density at radius 3 is 2.42 bits per heavy atom. The molecule has 0 spiro atoms. The predicted octanol–water partition coefficient (Wildman–Crippen LogP) is 1.24. The smallest absolute Gasteiger partial charge is 0.303 e. The molecule has 40 heavy (non-hydrogen) atoms. The maximum absolute atomic E-state index is 13.7. The summed E-state index contributed by atoms with van der Waals surface area (Å²) < 4.78 is 51.6. The molecule has 0 bridgehead atoms. The molecule has 13 nitrogen and oxygen atoms in total. The summed E-state index contributed by atoms with van der Waals surface area (Å²) in [5.41, 5.74) is 1.44. The van der Waals surface area contributed by atoms with Crippen molar-refractivity contribution in [3.63, 3.8) is 0 Å². The number of rotatable bonds is 4. The number of esters is 1. The fourth-order valence-corrected chi connectivity index (χ4v) is 5.56. The van der Waals surface area contributed by atoms with Crippen molar-refractivity contribution in [2.75, 3.05) is 34.5 Å². The topological polar surface area (TPSA) is 138 Å². The molecule has 5 rings (SSSR count). The molecule has 0 N–H and O–H groups in total. The third-order valence-corrected chi connectivity index (χ3v) is 7.64. The minimum absolute atomic E-state index is 0.0168. The van der Waals surface area contributed by atoms with E-state index in [2.05, 4.69) is 0 Å². The van der Waals surface area contributed by atoms with Crippen molar-refractivity contribution in [2.45, 2.75) is 82.6 Å². The van der Waals surface area contributed by atoms with Gasteiger partial charge in [0.25, 0.3) is 5.91 Å². The predicted molar refractivity (Wildman–Crippen MR) is 133 cm³/mol. The van der Waals surface area contributed by atoms with E-state index in [1.807, 2.05) is 0 Å². The lowest BCUT2D eigenvalue weighted by atomic mass is 9.87. The molecule has 2 fully saturated rings. The number of amides is 1. The van der Waals surface area contributed by atoms with Crippen LogP contribution in [0.15, 0.2) is 12.1 Å². The number of hydrogen-bond donors (Lipinski definition) is 0. The number of nitrogens with zero attached hydrogens (tertiary/aromatic N) is 1. The van der Waals surface area contributed by atoms with Crippen LogP contribution in [-0.2, 0) is 54.1 Å². The molecule has 0 aromatic heterocycles. The first-order chi connectivity index (χ1) is 19.2. The van der Waals surface area contributed by atoms with Crippen LogP contribution < -0.4 is 9.47 Å². The van der Waals surface area contributed by atoms with Crippen molar-refractivity contribution in [2.24, 2.45) is 0 Å². The van der Waals surface area contributed by atoms with Crippen LogP contribution in [0.5, 0.6) is 11.5 Å². The number of hydrogen-bond acceptors (Lipinski definition) is 12. The van der Waals surface area contributed by atoms with Crippen molar-refractivity contribution >= 4 is 17.7 Å². The lowest BCUT2D eigenvalue weighted by Gasteiger charge is -2.44. The third kappa shape index (κ3) is 5.67. The van der Waals surface area contributed by atoms with E-state index < -0.39 is 60.7 Å². The summed E-state index contributed by atoms with van der Waals surface area (Å²) in [5.74, 6) is -0.974. The molecule has 4 aliphatic rings. The van der Waals surface area contributed by atoms with Gasteiger partial charge in [0.15, 0.2) is 17.8 Å². The lowest BCUT2D eigenvalue weighted by molar-refractivity contribution is -0.319. The van der Waals surface area contributed by atoms with Gasteiger partial charge in [-0.1, -0.05) is 6.92 Å². The maximum atomic E-state index is 13.7. The normalized spacial score (nSPS) is 34.5. The fourth-order valence-electron chi connectivity index (χ4n) is 5.56. The molecule has 2 saturated heterocycles. The van der Waals surface area contributed by atoms with E-state index in [-0.39, 0.29) is 39.1 Å². The molecule has 4 aliphatic heterocycles. The van der Waals surface area contributed by atoms with Crippen LogP contribution in [0.25, 0.3) is 0 Å². The summed E-state index contributed by atoms with van der Waals surface area (Å²) in [6.45, 7) is 4.88. The minimum Gasteiger partial charge on any atom is -0.454 e. The highest BCUT2D eigenvalue weighted by atomic mass is 16.8. The number of ether oxygens (including phenoxy) is 9. The molecule has 1 aromatic rings. The zero-order valence-electron chi connectivity index (χ0n) is 23.2. The Kier molecular flexibility index (Phi) is 8.59. The molecule has 0 unspecified atom stereocenters. The van der Waals surface area contributed by atoms with Crippen molar-refractivity contribution in [3.8, 4) is 11.5 Å². The maximum Gasteiger partial charge on any atom is 0.303 e. The van der Waals surface area contributed by atoms with Gasteiger partial charge in [0, 0.05) is 40.0 Å². The van der Waals surface area contributed by atoms with Gasteiger partial charge in [-0.2, -0.15) is 0 Å². The van der Waals surface area contributed by atoms with Gasteiger partial charge in [-0.05, 0) is 30.2 Å². The number of methoxy groups -OCH3 is 1. The monoisotopic (exact) mass is 565 g/mol. The fraction of sp³-hybridized carbons (Fsp3) is 0.667. The van der Waals surface area contributed by atoms with E-state index in [9.17, 15) is 14.4 Å². The van der Waals surface area contributed by atoms with Gasteiger partial charge >= 0.3 is 5.97 Å². The molecule has 220 valence electrons. The third-order valence-electron chi connectivity index (χ3n) is 7.64. The summed E-state index contributed by atoms with van der Waals surface area (Å²) in [7, 11) is 3.13. The Morgan fingerprint density at radius 1 is 1.02 bits per heavy atom. The van der Waals surface area contributed by atoms with Gasteiger partial charge in [-0.25, -0.2) is 0 Å². The molecule has 0 aliphatic carbocycles. The van der Waals surface area contributed by atoms with Crippen LogP contribution in [-0.4, -0.2) is 100 Å². The van der Waals surface area contributed by atoms with Gasteiger partial charge in [0.05, 0.1) is 6.10 Å². The second-order valence-corrected chi connectivity index (χ2v) is 10.3. The van der Waals surface area contributed by atoms with E-state index in [0.29, 0.717) is 17.1 Å². The van der Waals surface area contributed by atoms with Crippen molar-refractivity contribution < 1.29 is 57.0 Å². The highest BCUT2D eigenvalue weighted by molar-refractivity contribution is 5.89. The molecule has 1 aromatic carbocycles. The molecular weight excluding hydrogens is 530 g/mol. The quantitative estimate of drug-likeness (QED) is 0.486. The number of carbonyl (C=O) groups excluding carboxylic acids is 3. The molecule has 13 heteroatoms. The minimum atomic E-state index is -1.42. The van der Waals surface area contributed by atoms with Crippen molar-refractivity contribution in [1.82, 2.24) is 4.90 Å². The molecule has 0 saturated carbocycles. The first-order valence-corrected chi connectivity index (χ1v) is 13.2. The number of fused-ring (bicyclic) bond motifs is 3. The van der Waals surface area contributed by atoms with Gasteiger partial charge in [-0.3, -0.25) is 14.4 Å². The van der Waals surface area contributed by atoms with Crippen LogP contribution >= 0.6 is 0 Å².